The van der Waals surface area contributed by atoms with Crippen LogP contribution in [0.5, 0.6) is 0 Å². The Kier molecular flexibility index (Phi) is 5.61. The summed E-state index contributed by atoms with van der Waals surface area (Å²) < 4.78 is 0.700. The summed E-state index contributed by atoms with van der Waals surface area (Å²) in [5.41, 5.74) is 2.82. The number of H-pyrrole nitrogens is 1. The lowest BCUT2D eigenvalue weighted by atomic mass is 10.1. The molecule has 0 aliphatic heterocycles. The summed E-state index contributed by atoms with van der Waals surface area (Å²) in [5, 5.41) is 4.15. The molecule has 24 heavy (non-hydrogen) atoms. The van der Waals surface area contributed by atoms with E-state index in [2.05, 4.69) is 15.3 Å². The minimum Gasteiger partial charge on any atom is -0.367 e. The summed E-state index contributed by atoms with van der Waals surface area (Å²) in [7, 11) is 0. The minimum atomic E-state index is 0.134. The average molecular weight is 355 g/mol. The number of para-hydroxylation sites is 1. The highest BCUT2D eigenvalue weighted by atomic mass is 32.2. The Morgan fingerprint density at radius 3 is 2.96 bits per heavy atom. The zero-order valence-corrected chi connectivity index (χ0v) is 14.6. The number of carbonyl (C=O) groups excluding carboxylic acids is 1. The van der Waals surface area contributed by atoms with E-state index in [1.165, 1.54) is 11.8 Å². The van der Waals surface area contributed by atoms with Gasteiger partial charge in [-0.3, -0.25) is 9.78 Å². The molecule has 0 bridgehead atoms. The number of Topliss-reactive ketones (excluding diaryl/α,β-unsaturated/α-hetero) is 1. The van der Waals surface area contributed by atoms with E-state index in [9.17, 15) is 4.79 Å². The van der Waals surface area contributed by atoms with E-state index in [4.69, 9.17) is 12.2 Å². The second kappa shape index (κ2) is 8.08. The van der Waals surface area contributed by atoms with Crippen molar-refractivity contribution in [3.8, 4) is 0 Å². The minimum absolute atomic E-state index is 0.134. The van der Waals surface area contributed by atoms with Gasteiger partial charge in [-0.2, -0.15) is 0 Å². The first kappa shape index (κ1) is 16.7. The summed E-state index contributed by atoms with van der Waals surface area (Å²) in [5.74, 6) is 0.798. The van der Waals surface area contributed by atoms with E-state index < -0.39 is 0 Å². The molecular weight excluding hydrogens is 338 g/mol. The van der Waals surface area contributed by atoms with Crippen LogP contribution in [0.25, 0.3) is 10.9 Å². The summed E-state index contributed by atoms with van der Waals surface area (Å²) in [6, 6.07) is 11.7. The average Bonchev–Trinajstić information content (AvgIpc) is 3.05. The summed E-state index contributed by atoms with van der Waals surface area (Å²) in [6.07, 6.45) is 5.80. The van der Waals surface area contributed by atoms with Crippen molar-refractivity contribution < 1.29 is 4.79 Å². The van der Waals surface area contributed by atoms with Crippen LogP contribution < -0.4 is 5.32 Å². The van der Waals surface area contributed by atoms with Crippen LogP contribution in [0, 0.1) is 0 Å². The number of aromatic nitrogens is 2. The van der Waals surface area contributed by atoms with Crippen molar-refractivity contribution >= 4 is 45.0 Å². The van der Waals surface area contributed by atoms with Crippen LogP contribution in [0.2, 0.25) is 0 Å². The normalized spacial score (nSPS) is 10.7. The molecule has 0 fully saturated rings. The van der Waals surface area contributed by atoms with Crippen molar-refractivity contribution in [1.82, 2.24) is 15.3 Å². The molecule has 122 valence electrons. The lowest BCUT2D eigenvalue weighted by Crippen LogP contribution is -2.18. The van der Waals surface area contributed by atoms with E-state index in [1.54, 1.807) is 18.6 Å². The van der Waals surface area contributed by atoms with Crippen LogP contribution in [-0.2, 0) is 6.54 Å². The fourth-order valence-electron chi connectivity index (χ4n) is 2.40. The fourth-order valence-corrected chi connectivity index (χ4v) is 3.37. The Morgan fingerprint density at radius 1 is 1.25 bits per heavy atom. The first-order valence-corrected chi connectivity index (χ1v) is 9.02. The predicted octanol–water partition coefficient (Wildman–Crippen LogP) is 3.94. The van der Waals surface area contributed by atoms with Crippen LogP contribution in [0.3, 0.4) is 0 Å². The molecule has 1 aromatic carbocycles. The van der Waals surface area contributed by atoms with Crippen molar-refractivity contribution in [2.45, 2.75) is 13.0 Å². The monoisotopic (exact) mass is 355 g/mol. The third kappa shape index (κ3) is 4.21. The number of benzene rings is 1. The van der Waals surface area contributed by atoms with E-state index >= 15 is 0 Å². The van der Waals surface area contributed by atoms with Crippen molar-refractivity contribution in [3.05, 3.63) is 66.1 Å². The Hall–Kier alpha value is -2.18. The third-order valence-corrected chi connectivity index (χ3v) is 4.92. The van der Waals surface area contributed by atoms with Gasteiger partial charge >= 0.3 is 0 Å². The summed E-state index contributed by atoms with van der Waals surface area (Å²) in [6.45, 7) is 0.649. The predicted molar refractivity (Wildman–Crippen MR) is 103 cm³/mol. The second-order valence-electron chi connectivity index (χ2n) is 5.27. The molecule has 0 saturated carbocycles. The van der Waals surface area contributed by atoms with Crippen molar-refractivity contribution in [3.63, 3.8) is 0 Å². The van der Waals surface area contributed by atoms with Gasteiger partial charge in [0.05, 0.1) is 0 Å². The van der Waals surface area contributed by atoms with Gasteiger partial charge < -0.3 is 10.3 Å². The number of pyridine rings is 1. The zero-order valence-electron chi connectivity index (χ0n) is 13.0. The van der Waals surface area contributed by atoms with Gasteiger partial charge in [0.2, 0.25) is 0 Å². The Balaban J connectivity index is 1.46. The van der Waals surface area contributed by atoms with Crippen LogP contribution >= 0.6 is 24.0 Å². The molecule has 0 aliphatic rings. The van der Waals surface area contributed by atoms with E-state index in [-0.39, 0.29) is 5.78 Å². The highest BCUT2D eigenvalue weighted by Gasteiger charge is 2.11. The molecule has 2 aromatic heterocycles. The number of ketones is 1. The zero-order chi connectivity index (χ0) is 16.8. The van der Waals surface area contributed by atoms with Gasteiger partial charge in [-0.1, -0.05) is 48.2 Å². The van der Waals surface area contributed by atoms with E-state index in [1.807, 2.05) is 36.4 Å². The van der Waals surface area contributed by atoms with Gasteiger partial charge in [0.15, 0.2) is 5.78 Å². The molecule has 0 saturated heterocycles. The quantitative estimate of drug-likeness (QED) is 0.518. The van der Waals surface area contributed by atoms with Crippen LogP contribution in [0.1, 0.15) is 22.3 Å². The third-order valence-electron chi connectivity index (χ3n) is 3.61. The first-order chi connectivity index (χ1) is 11.7. The molecule has 0 unspecified atom stereocenters. The number of thiocarbonyl (C=S) groups is 1. The summed E-state index contributed by atoms with van der Waals surface area (Å²) >= 11 is 6.79. The molecule has 3 rings (SSSR count). The number of fused-ring (bicyclic) bond motifs is 1. The number of thioether (sulfide) groups is 1. The van der Waals surface area contributed by atoms with Crippen molar-refractivity contribution in [2.24, 2.45) is 0 Å². The van der Waals surface area contributed by atoms with Gasteiger partial charge in [-0.25, -0.2) is 0 Å². The van der Waals surface area contributed by atoms with Crippen molar-refractivity contribution in [2.75, 3.05) is 5.75 Å². The lowest BCUT2D eigenvalue weighted by molar-refractivity contribution is 0.0991. The molecule has 4 nitrogen and oxygen atoms in total. The molecular formula is C18H17N3OS2. The van der Waals surface area contributed by atoms with Gasteiger partial charge in [0.25, 0.3) is 0 Å². The van der Waals surface area contributed by atoms with E-state index in [0.717, 1.165) is 22.0 Å². The van der Waals surface area contributed by atoms with Crippen LogP contribution in [0.4, 0.5) is 0 Å². The smallest absolute Gasteiger partial charge is 0.165 e. The SMILES string of the molecule is O=C(CCSC(=S)NCc1cccnc1)c1c[nH]c2ccccc12. The van der Waals surface area contributed by atoms with Crippen molar-refractivity contribution in [1.29, 1.82) is 0 Å². The molecule has 3 aromatic rings. The Morgan fingerprint density at radius 2 is 2.12 bits per heavy atom. The Labute approximate surface area is 150 Å². The van der Waals surface area contributed by atoms with Gasteiger partial charge in [-0.05, 0) is 17.7 Å². The fraction of sp³-hybridized carbons (Fsp3) is 0.167. The second-order valence-corrected chi connectivity index (χ2v) is 7.04. The van der Waals surface area contributed by atoms with Crippen LogP contribution in [-0.4, -0.2) is 25.8 Å². The van der Waals surface area contributed by atoms with Gasteiger partial charge in [-0.15, -0.1) is 0 Å². The maximum Gasteiger partial charge on any atom is 0.165 e. The number of hydrogen-bond donors (Lipinski definition) is 2. The first-order valence-electron chi connectivity index (χ1n) is 7.63. The highest BCUT2D eigenvalue weighted by molar-refractivity contribution is 8.22. The lowest BCUT2D eigenvalue weighted by Gasteiger charge is -2.07. The molecule has 2 heterocycles. The maximum atomic E-state index is 12.4. The molecule has 0 amide bonds. The number of hydrogen-bond acceptors (Lipinski definition) is 4. The molecule has 6 heteroatoms. The number of nitrogens with one attached hydrogen (secondary N) is 2. The highest BCUT2D eigenvalue weighted by Crippen LogP contribution is 2.20. The molecule has 0 spiro atoms. The van der Waals surface area contributed by atoms with Crippen LogP contribution in [0.15, 0.2) is 55.0 Å². The largest absolute Gasteiger partial charge is 0.367 e. The topological polar surface area (TPSA) is 57.8 Å². The summed E-state index contributed by atoms with van der Waals surface area (Å²) in [4.78, 5) is 19.6. The van der Waals surface area contributed by atoms with Gasteiger partial charge in [0, 0.05) is 53.8 Å². The van der Waals surface area contributed by atoms with E-state index in [0.29, 0.717) is 23.0 Å². The molecule has 0 radical (unpaired) electrons. The molecule has 0 atom stereocenters. The maximum absolute atomic E-state index is 12.4. The molecule has 0 aliphatic carbocycles. The number of nitrogens with zero attached hydrogens (tertiary/aromatic N) is 1. The number of aromatic amines is 1. The number of rotatable bonds is 6. The standard InChI is InChI=1S/C18H17N3OS2/c22-17(15-12-20-16-6-2-1-5-14(15)16)7-9-24-18(23)21-11-13-4-3-8-19-10-13/h1-6,8,10,12,20H,7,9,11H2,(H,21,23). The molecule has 2 N–H and O–H groups in total. The van der Waals surface area contributed by atoms with Gasteiger partial charge in [0.1, 0.15) is 4.32 Å². The Bertz CT molecular complexity index is 846. The number of carbonyl (C=O) groups is 1.